The molecule has 0 heterocycles. The molecule has 0 radical (unpaired) electrons. The standard InChI is InChI=1S/C21H40O4/c1-2-3-4-5-6-7-8-9-10-11-12-13-14-15-16-17-21(24)25-19-20(23)18-22/h2,20,22-23H,1,3-19H2/t20-/m0/s1. The summed E-state index contributed by atoms with van der Waals surface area (Å²) in [4.78, 5) is 11.4. The smallest absolute Gasteiger partial charge is 0.305 e. The summed E-state index contributed by atoms with van der Waals surface area (Å²) >= 11 is 0. The maximum absolute atomic E-state index is 11.4. The summed E-state index contributed by atoms with van der Waals surface area (Å²) in [5.74, 6) is -0.281. The van der Waals surface area contributed by atoms with Gasteiger partial charge in [0.25, 0.3) is 0 Å². The molecule has 25 heavy (non-hydrogen) atoms. The summed E-state index contributed by atoms with van der Waals surface area (Å²) in [5.41, 5.74) is 0. The number of rotatable bonds is 19. The molecule has 4 heteroatoms. The lowest BCUT2D eigenvalue weighted by atomic mass is 10.0. The highest BCUT2D eigenvalue weighted by Gasteiger charge is 2.07. The predicted molar refractivity (Wildman–Crippen MR) is 104 cm³/mol. The van der Waals surface area contributed by atoms with E-state index in [9.17, 15) is 4.79 Å². The molecule has 0 saturated heterocycles. The number of aliphatic hydroxyl groups excluding tert-OH is 2. The van der Waals surface area contributed by atoms with Gasteiger partial charge in [0.1, 0.15) is 12.7 Å². The molecule has 148 valence electrons. The lowest BCUT2D eigenvalue weighted by Gasteiger charge is -2.08. The topological polar surface area (TPSA) is 66.8 Å². The molecule has 0 saturated carbocycles. The largest absolute Gasteiger partial charge is 0.463 e. The van der Waals surface area contributed by atoms with Crippen LogP contribution in [-0.4, -0.2) is 35.5 Å². The fourth-order valence-corrected chi connectivity index (χ4v) is 2.82. The fourth-order valence-electron chi connectivity index (χ4n) is 2.82. The molecule has 0 aliphatic rings. The summed E-state index contributed by atoms with van der Waals surface area (Å²) in [6.07, 6.45) is 19.1. The van der Waals surface area contributed by atoms with Crippen LogP contribution in [0.15, 0.2) is 12.7 Å². The molecule has 0 amide bonds. The van der Waals surface area contributed by atoms with Crippen LogP contribution in [-0.2, 0) is 9.53 Å². The third-order valence-electron chi connectivity index (χ3n) is 4.44. The first-order valence-corrected chi connectivity index (χ1v) is 10.3. The Morgan fingerprint density at radius 1 is 0.840 bits per heavy atom. The maximum Gasteiger partial charge on any atom is 0.305 e. The number of esters is 1. The molecule has 0 rings (SSSR count). The van der Waals surface area contributed by atoms with Crippen LogP contribution in [0.4, 0.5) is 0 Å². The van der Waals surface area contributed by atoms with Crippen molar-refractivity contribution in [1.82, 2.24) is 0 Å². The third-order valence-corrected chi connectivity index (χ3v) is 4.44. The molecule has 4 nitrogen and oxygen atoms in total. The van der Waals surface area contributed by atoms with Crippen molar-refractivity contribution in [3.63, 3.8) is 0 Å². The Labute approximate surface area is 154 Å². The van der Waals surface area contributed by atoms with Crippen LogP contribution in [0.1, 0.15) is 96.3 Å². The zero-order valence-corrected chi connectivity index (χ0v) is 16.1. The van der Waals surface area contributed by atoms with Gasteiger partial charge < -0.3 is 14.9 Å². The van der Waals surface area contributed by atoms with Crippen LogP contribution in [0, 0.1) is 0 Å². The minimum Gasteiger partial charge on any atom is -0.463 e. The van der Waals surface area contributed by atoms with E-state index in [1.165, 1.54) is 70.6 Å². The van der Waals surface area contributed by atoms with Gasteiger partial charge in [-0.25, -0.2) is 0 Å². The van der Waals surface area contributed by atoms with Crippen molar-refractivity contribution in [3.05, 3.63) is 12.7 Å². The van der Waals surface area contributed by atoms with E-state index in [-0.39, 0.29) is 19.2 Å². The Morgan fingerprint density at radius 3 is 1.72 bits per heavy atom. The van der Waals surface area contributed by atoms with E-state index in [1.54, 1.807) is 0 Å². The summed E-state index contributed by atoms with van der Waals surface area (Å²) in [6, 6.07) is 0. The number of unbranched alkanes of at least 4 members (excludes halogenated alkanes) is 13. The first kappa shape index (κ1) is 24.1. The first-order valence-electron chi connectivity index (χ1n) is 10.3. The summed E-state index contributed by atoms with van der Waals surface area (Å²) in [6.45, 7) is 3.27. The van der Waals surface area contributed by atoms with Crippen molar-refractivity contribution in [2.45, 2.75) is 102 Å². The van der Waals surface area contributed by atoms with Gasteiger partial charge in [0.2, 0.25) is 0 Å². The molecule has 0 aromatic carbocycles. The molecule has 0 aliphatic heterocycles. The highest BCUT2D eigenvalue weighted by atomic mass is 16.5. The molecular formula is C21H40O4. The van der Waals surface area contributed by atoms with Crippen molar-refractivity contribution >= 4 is 5.97 Å². The van der Waals surface area contributed by atoms with Crippen LogP contribution in [0.2, 0.25) is 0 Å². The Balaban J connectivity index is 3.14. The lowest BCUT2D eigenvalue weighted by molar-refractivity contribution is -0.147. The van der Waals surface area contributed by atoms with Gasteiger partial charge in [-0.05, 0) is 19.3 Å². The SMILES string of the molecule is C=CCCCCCCCCCCCCCCCC(=O)OC[C@@H](O)CO. The normalized spacial score (nSPS) is 12.1. The molecule has 0 unspecified atom stereocenters. The Morgan fingerprint density at radius 2 is 1.28 bits per heavy atom. The number of allylic oxidation sites excluding steroid dienone is 1. The van der Waals surface area contributed by atoms with Crippen molar-refractivity contribution < 1.29 is 19.7 Å². The number of aliphatic hydroxyl groups is 2. The van der Waals surface area contributed by atoms with E-state index in [0.717, 1.165) is 19.3 Å². The van der Waals surface area contributed by atoms with Gasteiger partial charge in [0, 0.05) is 6.42 Å². The highest BCUT2D eigenvalue weighted by Crippen LogP contribution is 2.13. The molecule has 0 bridgehead atoms. The summed E-state index contributed by atoms with van der Waals surface area (Å²) in [7, 11) is 0. The third kappa shape index (κ3) is 19.3. The first-order chi connectivity index (χ1) is 12.2. The Kier molecular flexibility index (Phi) is 18.8. The maximum atomic E-state index is 11.4. The molecule has 0 spiro atoms. The van der Waals surface area contributed by atoms with Gasteiger partial charge in [-0.3, -0.25) is 4.79 Å². The zero-order valence-electron chi connectivity index (χ0n) is 16.1. The second kappa shape index (κ2) is 19.5. The molecule has 2 N–H and O–H groups in total. The van der Waals surface area contributed by atoms with Gasteiger partial charge in [0.15, 0.2) is 0 Å². The predicted octanol–water partition coefficient (Wildman–Crippen LogP) is 4.92. The Hall–Kier alpha value is -0.870. The minimum absolute atomic E-state index is 0.107. The van der Waals surface area contributed by atoms with Gasteiger partial charge in [-0.2, -0.15) is 0 Å². The molecule has 0 aliphatic carbocycles. The average Bonchev–Trinajstić information content (AvgIpc) is 2.62. The second-order valence-corrected chi connectivity index (χ2v) is 6.94. The number of carbonyl (C=O) groups excluding carboxylic acids is 1. The monoisotopic (exact) mass is 356 g/mol. The quantitative estimate of drug-likeness (QED) is 0.196. The van der Waals surface area contributed by atoms with Crippen LogP contribution < -0.4 is 0 Å². The highest BCUT2D eigenvalue weighted by molar-refractivity contribution is 5.69. The molecule has 0 aromatic rings. The van der Waals surface area contributed by atoms with Crippen molar-refractivity contribution in [3.8, 4) is 0 Å². The average molecular weight is 357 g/mol. The second-order valence-electron chi connectivity index (χ2n) is 6.94. The van der Waals surface area contributed by atoms with Gasteiger partial charge in [0.05, 0.1) is 6.61 Å². The number of carbonyl (C=O) groups is 1. The van der Waals surface area contributed by atoms with Crippen LogP contribution in [0.3, 0.4) is 0 Å². The van der Waals surface area contributed by atoms with Crippen LogP contribution >= 0.6 is 0 Å². The summed E-state index contributed by atoms with van der Waals surface area (Å²) < 4.78 is 4.86. The van der Waals surface area contributed by atoms with Crippen LogP contribution in [0.25, 0.3) is 0 Å². The van der Waals surface area contributed by atoms with Crippen molar-refractivity contribution in [2.75, 3.05) is 13.2 Å². The molecule has 0 aromatic heterocycles. The minimum atomic E-state index is -0.957. The number of hydrogen-bond donors (Lipinski definition) is 2. The van der Waals surface area contributed by atoms with Crippen molar-refractivity contribution in [2.24, 2.45) is 0 Å². The Bertz CT molecular complexity index is 304. The van der Waals surface area contributed by atoms with Gasteiger partial charge >= 0.3 is 5.97 Å². The van der Waals surface area contributed by atoms with E-state index < -0.39 is 6.10 Å². The lowest BCUT2D eigenvalue weighted by Crippen LogP contribution is -2.21. The van der Waals surface area contributed by atoms with E-state index in [0.29, 0.717) is 6.42 Å². The van der Waals surface area contributed by atoms with E-state index in [2.05, 4.69) is 6.58 Å². The van der Waals surface area contributed by atoms with Crippen LogP contribution in [0.5, 0.6) is 0 Å². The number of hydrogen-bond acceptors (Lipinski definition) is 4. The molecular weight excluding hydrogens is 316 g/mol. The molecule has 0 fully saturated rings. The van der Waals surface area contributed by atoms with E-state index in [1.807, 2.05) is 6.08 Å². The van der Waals surface area contributed by atoms with Gasteiger partial charge in [-0.15, -0.1) is 6.58 Å². The molecule has 1 atom stereocenters. The summed E-state index contributed by atoms with van der Waals surface area (Å²) in [5, 5.41) is 17.7. The van der Waals surface area contributed by atoms with Gasteiger partial charge in [-0.1, -0.05) is 76.7 Å². The van der Waals surface area contributed by atoms with E-state index >= 15 is 0 Å². The van der Waals surface area contributed by atoms with Crippen molar-refractivity contribution in [1.29, 1.82) is 0 Å². The zero-order chi connectivity index (χ0) is 18.6. The van der Waals surface area contributed by atoms with E-state index in [4.69, 9.17) is 14.9 Å². The number of ether oxygens (including phenoxy) is 1. The fraction of sp³-hybridized carbons (Fsp3) is 0.857.